The second kappa shape index (κ2) is 7.15. The molecule has 0 saturated carbocycles. The van der Waals surface area contributed by atoms with E-state index in [9.17, 15) is 9.90 Å². The molecule has 0 spiro atoms. The monoisotopic (exact) mass is 347 g/mol. The van der Waals surface area contributed by atoms with E-state index in [1.807, 2.05) is 0 Å². The molecule has 0 unspecified atom stereocenters. The Labute approximate surface area is 127 Å². The number of amides is 1. The second-order valence-electron chi connectivity index (χ2n) is 4.68. The SMILES string of the molecule is CCC(CC)(CCl)CNC(=O)c1ccc(Br)cc1O. The van der Waals surface area contributed by atoms with Gasteiger partial charge in [-0.3, -0.25) is 4.79 Å². The van der Waals surface area contributed by atoms with Crippen LogP contribution in [0.1, 0.15) is 37.0 Å². The smallest absolute Gasteiger partial charge is 0.255 e. The van der Waals surface area contributed by atoms with E-state index in [0.29, 0.717) is 12.4 Å². The van der Waals surface area contributed by atoms with E-state index in [4.69, 9.17) is 11.6 Å². The minimum Gasteiger partial charge on any atom is -0.507 e. The molecule has 1 aromatic rings. The van der Waals surface area contributed by atoms with Gasteiger partial charge in [-0.2, -0.15) is 0 Å². The second-order valence-corrected chi connectivity index (χ2v) is 5.87. The van der Waals surface area contributed by atoms with Crippen molar-refractivity contribution in [3.05, 3.63) is 28.2 Å². The van der Waals surface area contributed by atoms with Crippen molar-refractivity contribution in [3.63, 3.8) is 0 Å². The van der Waals surface area contributed by atoms with Gasteiger partial charge in [0, 0.05) is 22.3 Å². The first-order valence-electron chi connectivity index (χ1n) is 6.30. The molecule has 0 radical (unpaired) electrons. The summed E-state index contributed by atoms with van der Waals surface area (Å²) < 4.78 is 0.735. The number of alkyl halides is 1. The molecule has 3 nitrogen and oxygen atoms in total. The van der Waals surface area contributed by atoms with Gasteiger partial charge >= 0.3 is 0 Å². The van der Waals surface area contributed by atoms with Gasteiger partial charge in [-0.05, 0) is 31.0 Å². The first-order chi connectivity index (χ1) is 8.98. The Balaban J connectivity index is 2.75. The number of hydrogen-bond acceptors (Lipinski definition) is 2. The predicted molar refractivity (Wildman–Crippen MR) is 81.9 cm³/mol. The summed E-state index contributed by atoms with van der Waals surface area (Å²) in [5.41, 5.74) is 0.196. The van der Waals surface area contributed by atoms with E-state index in [-0.39, 0.29) is 22.6 Å². The summed E-state index contributed by atoms with van der Waals surface area (Å²) in [6.07, 6.45) is 1.80. The summed E-state index contributed by atoms with van der Waals surface area (Å²) in [6.45, 7) is 4.64. The number of benzene rings is 1. The Hall–Kier alpha value is -0.740. The van der Waals surface area contributed by atoms with E-state index >= 15 is 0 Å². The van der Waals surface area contributed by atoms with E-state index in [2.05, 4.69) is 35.1 Å². The average Bonchev–Trinajstić information content (AvgIpc) is 2.40. The normalized spacial score (nSPS) is 11.4. The molecular weight excluding hydrogens is 330 g/mol. The number of halogens is 2. The fourth-order valence-electron chi connectivity index (χ4n) is 1.80. The van der Waals surface area contributed by atoms with Gasteiger partial charge in [0.25, 0.3) is 5.91 Å². The maximum absolute atomic E-state index is 12.0. The molecule has 0 aliphatic rings. The Morgan fingerprint density at radius 3 is 2.53 bits per heavy atom. The van der Waals surface area contributed by atoms with Crippen LogP contribution in [0.3, 0.4) is 0 Å². The molecule has 0 fully saturated rings. The molecule has 0 saturated heterocycles. The van der Waals surface area contributed by atoms with Crippen molar-refractivity contribution >= 4 is 33.4 Å². The molecule has 0 atom stereocenters. The zero-order valence-electron chi connectivity index (χ0n) is 11.2. The first-order valence-corrected chi connectivity index (χ1v) is 7.63. The summed E-state index contributed by atoms with van der Waals surface area (Å²) in [7, 11) is 0. The van der Waals surface area contributed by atoms with Crippen molar-refractivity contribution < 1.29 is 9.90 Å². The lowest BCUT2D eigenvalue weighted by molar-refractivity contribution is 0.0929. The van der Waals surface area contributed by atoms with Crippen molar-refractivity contribution in [2.24, 2.45) is 5.41 Å². The van der Waals surface area contributed by atoms with Crippen LogP contribution >= 0.6 is 27.5 Å². The van der Waals surface area contributed by atoms with Crippen LogP contribution in [0.15, 0.2) is 22.7 Å². The Bertz CT molecular complexity index is 439. The predicted octanol–water partition coefficient (Wildman–Crippen LogP) is 3.93. The molecule has 106 valence electrons. The van der Waals surface area contributed by atoms with E-state index in [1.54, 1.807) is 12.1 Å². The standard InChI is InChI=1S/C14H19BrClNO2/c1-3-14(4-2,8-16)9-17-13(19)11-6-5-10(15)7-12(11)18/h5-7,18H,3-4,8-9H2,1-2H3,(H,17,19). The maximum atomic E-state index is 12.0. The largest absolute Gasteiger partial charge is 0.507 e. The van der Waals surface area contributed by atoms with Crippen LogP contribution in [0.25, 0.3) is 0 Å². The highest BCUT2D eigenvalue weighted by Gasteiger charge is 2.26. The third-order valence-corrected chi connectivity index (χ3v) is 4.67. The van der Waals surface area contributed by atoms with Gasteiger partial charge in [0.15, 0.2) is 0 Å². The van der Waals surface area contributed by atoms with Crippen LogP contribution in [-0.2, 0) is 0 Å². The van der Waals surface area contributed by atoms with E-state index < -0.39 is 0 Å². The molecular formula is C14H19BrClNO2. The van der Waals surface area contributed by atoms with Crippen molar-refractivity contribution in [1.82, 2.24) is 5.32 Å². The van der Waals surface area contributed by atoms with Crippen LogP contribution in [-0.4, -0.2) is 23.4 Å². The van der Waals surface area contributed by atoms with Gasteiger partial charge < -0.3 is 10.4 Å². The molecule has 5 heteroatoms. The number of carbonyl (C=O) groups is 1. The Kier molecular flexibility index (Phi) is 6.14. The lowest BCUT2D eigenvalue weighted by Gasteiger charge is -2.29. The van der Waals surface area contributed by atoms with Crippen LogP contribution in [0.2, 0.25) is 0 Å². The third-order valence-electron chi connectivity index (χ3n) is 3.61. The summed E-state index contributed by atoms with van der Waals surface area (Å²) in [5.74, 6) is 0.199. The van der Waals surface area contributed by atoms with Crippen LogP contribution in [0, 0.1) is 5.41 Å². The fourth-order valence-corrected chi connectivity index (χ4v) is 2.62. The van der Waals surface area contributed by atoms with E-state index in [1.165, 1.54) is 6.07 Å². The highest BCUT2D eigenvalue weighted by molar-refractivity contribution is 9.10. The van der Waals surface area contributed by atoms with Gasteiger partial charge in [0.2, 0.25) is 0 Å². The lowest BCUT2D eigenvalue weighted by atomic mass is 9.84. The zero-order chi connectivity index (χ0) is 14.5. The van der Waals surface area contributed by atoms with Crippen molar-refractivity contribution in [2.75, 3.05) is 12.4 Å². The van der Waals surface area contributed by atoms with Crippen molar-refractivity contribution in [2.45, 2.75) is 26.7 Å². The summed E-state index contributed by atoms with van der Waals surface area (Å²) in [5, 5.41) is 12.6. The molecule has 2 N–H and O–H groups in total. The maximum Gasteiger partial charge on any atom is 0.255 e. The molecule has 0 aliphatic heterocycles. The minimum atomic E-state index is -0.276. The Morgan fingerprint density at radius 1 is 1.42 bits per heavy atom. The molecule has 0 heterocycles. The minimum absolute atomic E-state index is 0.0312. The quantitative estimate of drug-likeness (QED) is 0.765. The summed E-state index contributed by atoms with van der Waals surface area (Å²) in [4.78, 5) is 12.0. The van der Waals surface area contributed by atoms with Crippen LogP contribution in [0.4, 0.5) is 0 Å². The fraction of sp³-hybridized carbons (Fsp3) is 0.500. The molecule has 1 aromatic carbocycles. The summed E-state index contributed by atoms with van der Waals surface area (Å²) in [6, 6.07) is 4.82. The number of rotatable bonds is 6. The van der Waals surface area contributed by atoms with Crippen molar-refractivity contribution in [1.29, 1.82) is 0 Å². The molecule has 0 bridgehead atoms. The zero-order valence-corrected chi connectivity index (χ0v) is 13.5. The van der Waals surface area contributed by atoms with Gasteiger partial charge in [0.1, 0.15) is 5.75 Å². The van der Waals surface area contributed by atoms with Gasteiger partial charge in [0.05, 0.1) is 5.56 Å². The number of phenolic OH excluding ortho intramolecular Hbond substituents is 1. The summed E-state index contributed by atoms with van der Waals surface area (Å²) >= 11 is 9.24. The number of nitrogens with one attached hydrogen (secondary N) is 1. The molecule has 1 amide bonds. The third kappa shape index (κ3) is 4.11. The number of carbonyl (C=O) groups excluding carboxylic acids is 1. The molecule has 0 aliphatic carbocycles. The topological polar surface area (TPSA) is 49.3 Å². The first kappa shape index (κ1) is 16.3. The lowest BCUT2D eigenvalue weighted by Crippen LogP contribution is -2.38. The average molecular weight is 349 g/mol. The molecule has 19 heavy (non-hydrogen) atoms. The van der Waals surface area contributed by atoms with E-state index in [0.717, 1.165) is 17.3 Å². The molecule has 1 rings (SSSR count). The highest BCUT2D eigenvalue weighted by atomic mass is 79.9. The number of hydrogen-bond donors (Lipinski definition) is 2. The van der Waals surface area contributed by atoms with Gasteiger partial charge in [-0.25, -0.2) is 0 Å². The van der Waals surface area contributed by atoms with Gasteiger partial charge in [-0.1, -0.05) is 29.8 Å². The number of phenols is 1. The van der Waals surface area contributed by atoms with Crippen LogP contribution in [0.5, 0.6) is 5.75 Å². The van der Waals surface area contributed by atoms with Crippen molar-refractivity contribution in [3.8, 4) is 5.75 Å². The molecule has 0 aromatic heterocycles. The Morgan fingerprint density at radius 2 is 2.05 bits per heavy atom. The highest BCUT2D eigenvalue weighted by Crippen LogP contribution is 2.27. The van der Waals surface area contributed by atoms with Gasteiger partial charge in [-0.15, -0.1) is 11.6 Å². The number of aromatic hydroxyl groups is 1. The van der Waals surface area contributed by atoms with Crippen LogP contribution < -0.4 is 5.32 Å².